The van der Waals surface area contributed by atoms with Gasteiger partial charge >= 0.3 is 27.6 Å². The first-order chi connectivity index (χ1) is 11.3. The SMILES string of the molecule is CC(=O)OC1O[C@@H](COS(=O)(=O)C(F)(F)F)[C@H](C)[C@@H](C)[C@H]1OC(C)=O. The summed E-state index contributed by atoms with van der Waals surface area (Å²) in [5.41, 5.74) is -5.56. The van der Waals surface area contributed by atoms with Crippen molar-refractivity contribution in [1.82, 2.24) is 0 Å². The standard InChI is InChI=1S/C13H19F3O8S/c1-6-7(2)11(22-8(3)17)12(23-9(4)18)24-10(6)5-21-25(19,20)13(14,15)16/h6-7,10-12H,5H2,1-4H3/t6-,7-,10+,11-,12?/m1/s1. The zero-order valence-corrected chi connectivity index (χ0v) is 14.7. The molecule has 1 rings (SSSR count). The predicted molar refractivity (Wildman–Crippen MR) is 75.2 cm³/mol. The molecule has 12 heteroatoms. The Morgan fingerprint density at radius 3 is 2.00 bits per heavy atom. The minimum atomic E-state index is -5.78. The fourth-order valence-corrected chi connectivity index (χ4v) is 2.73. The summed E-state index contributed by atoms with van der Waals surface area (Å²) in [4.78, 5) is 22.4. The van der Waals surface area contributed by atoms with Crippen molar-refractivity contribution in [3.05, 3.63) is 0 Å². The molecule has 0 bridgehead atoms. The second-order valence-corrected chi connectivity index (χ2v) is 7.24. The van der Waals surface area contributed by atoms with Crippen molar-refractivity contribution >= 4 is 22.1 Å². The number of ether oxygens (including phenoxy) is 3. The van der Waals surface area contributed by atoms with Crippen LogP contribution in [0.5, 0.6) is 0 Å². The van der Waals surface area contributed by atoms with E-state index in [0.29, 0.717) is 0 Å². The van der Waals surface area contributed by atoms with Crippen molar-refractivity contribution in [1.29, 1.82) is 0 Å². The molecule has 0 aromatic carbocycles. The summed E-state index contributed by atoms with van der Waals surface area (Å²) >= 11 is 0. The van der Waals surface area contributed by atoms with Crippen molar-refractivity contribution < 1.29 is 49.6 Å². The normalized spacial score (nSPS) is 30.6. The van der Waals surface area contributed by atoms with Gasteiger partial charge in [-0.05, 0) is 5.92 Å². The van der Waals surface area contributed by atoms with Crippen LogP contribution in [-0.2, 0) is 38.1 Å². The fourth-order valence-electron chi connectivity index (χ4n) is 2.29. The van der Waals surface area contributed by atoms with E-state index in [2.05, 4.69) is 4.18 Å². The molecule has 1 saturated heterocycles. The summed E-state index contributed by atoms with van der Waals surface area (Å²) in [5.74, 6) is -2.51. The lowest BCUT2D eigenvalue weighted by atomic mass is 9.83. The van der Waals surface area contributed by atoms with Gasteiger partial charge in [-0.25, -0.2) is 0 Å². The van der Waals surface area contributed by atoms with Gasteiger partial charge < -0.3 is 14.2 Å². The molecular weight excluding hydrogens is 373 g/mol. The Balaban J connectivity index is 2.93. The van der Waals surface area contributed by atoms with Gasteiger partial charge in [-0.3, -0.25) is 13.8 Å². The molecule has 25 heavy (non-hydrogen) atoms. The van der Waals surface area contributed by atoms with Gasteiger partial charge in [0.1, 0.15) is 0 Å². The smallest absolute Gasteiger partial charge is 0.456 e. The maximum atomic E-state index is 12.3. The Kier molecular flexibility index (Phi) is 6.81. The number of rotatable bonds is 5. The van der Waals surface area contributed by atoms with Gasteiger partial charge in [-0.15, -0.1) is 0 Å². The van der Waals surface area contributed by atoms with Crippen molar-refractivity contribution in [3.63, 3.8) is 0 Å². The first kappa shape index (κ1) is 21.6. The molecule has 0 amide bonds. The summed E-state index contributed by atoms with van der Waals surface area (Å²) in [6.07, 6.45) is -3.52. The number of alkyl halides is 3. The van der Waals surface area contributed by atoms with E-state index in [1.165, 1.54) is 0 Å². The summed E-state index contributed by atoms with van der Waals surface area (Å²) in [7, 11) is -5.78. The predicted octanol–water partition coefficient (Wildman–Crippen LogP) is 1.34. The quantitative estimate of drug-likeness (QED) is 0.392. The highest BCUT2D eigenvalue weighted by molar-refractivity contribution is 7.87. The van der Waals surface area contributed by atoms with Gasteiger partial charge in [-0.1, -0.05) is 13.8 Å². The average Bonchev–Trinajstić information content (AvgIpc) is 2.43. The van der Waals surface area contributed by atoms with Crippen LogP contribution in [0, 0.1) is 11.8 Å². The highest BCUT2D eigenvalue weighted by Gasteiger charge is 2.50. The van der Waals surface area contributed by atoms with E-state index in [1.54, 1.807) is 13.8 Å². The van der Waals surface area contributed by atoms with E-state index in [4.69, 9.17) is 14.2 Å². The number of carbonyl (C=O) groups excluding carboxylic acids is 2. The van der Waals surface area contributed by atoms with Gasteiger partial charge in [0.2, 0.25) is 6.29 Å². The van der Waals surface area contributed by atoms with Crippen LogP contribution in [0.15, 0.2) is 0 Å². The van der Waals surface area contributed by atoms with Gasteiger partial charge in [0.15, 0.2) is 6.10 Å². The van der Waals surface area contributed by atoms with Crippen LogP contribution >= 0.6 is 0 Å². The molecule has 0 saturated carbocycles. The minimum absolute atomic E-state index is 0.510. The highest BCUT2D eigenvalue weighted by Crippen LogP contribution is 2.34. The maximum Gasteiger partial charge on any atom is 0.523 e. The van der Waals surface area contributed by atoms with Crippen molar-refractivity contribution in [3.8, 4) is 0 Å². The summed E-state index contributed by atoms with van der Waals surface area (Å²) in [5, 5.41) is 0. The van der Waals surface area contributed by atoms with Gasteiger partial charge in [0.05, 0.1) is 12.7 Å². The molecule has 1 aliphatic heterocycles. The third-order valence-corrected chi connectivity index (χ3v) is 4.78. The number of hydrogen-bond acceptors (Lipinski definition) is 8. The second kappa shape index (κ2) is 7.87. The molecule has 146 valence electrons. The van der Waals surface area contributed by atoms with Crippen LogP contribution in [-0.4, -0.2) is 51.0 Å². The Bertz CT molecular complexity index is 603. The first-order valence-electron chi connectivity index (χ1n) is 7.22. The summed E-state index contributed by atoms with van der Waals surface area (Å²) in [6.45, 7) is 4.42. The lowest BCUT2D eigenvalue weighted by Gasteiger charge is -2.42. The minimum Gasteiger partial charge on any atom is -0.456 e. The van der Waals surface area contributed by atoms with Crippen molar-refractivity contribution in [2.45, 2.75) is 51.7 Å². The Labute approximate surface area is 142 Å². The fraction of sp³-hybridized carbons (Fsp3) is 0.846. The number of carbonyl (C=O) groups is 2. The Morgan fingerprint density at radius 1 is 1.04 bits per heavy atom. The van der Waals surface area contributed by atoms with Crippen LogP contribution in [0.4, 0.5) is 13.2 Å². The van der Waals surface area contributed by atoms with E-state index >= 15 is 0 Å². The summed E-state index contributed by atoms with van der Waals surface area (Å²) < 4.78 is 78.3. The van der Waals surface area contributed by atoms with Crippen LogP contribution in [0.2, 0.25) is 0 Å². The molecule has 5 atom stereocenters. The number of esters is 2. The van der Waals surface area contributed by atoms with Crippen LogP contribution in [0.25, 0.3) is 0 Å². The zero-order chi connectivity index (χ0) is 19.6. The molecule has 1 fully saturated rings. The second-order valence-electron chi connectivity index (χ2n) is 5.63. The topological polar surface area (TPSA) is 105 Å². The first-order valence-corrected chi connectivity index (χ1v) is 8.62. The molecule has 0 spiro atoms. The molecule has 8 nitrogen and oxygen atoms in total. The zero-order valence-electron chi connectivity index (χ0n) is 13.9. The van der Waals surface area contributed by atoms with Crippen LogP contribution in [0.3, 0.4) is 0 Å². The molecular formula is C13H19F3O8S. The molecule has 1 heterocycles. The average molecular weight is 392 g/mol. The molecule has 0 radical (unpaired) electrons. The van der Waals surface area contributed by atoms with E-state index in [1.807, 2.05) is 0 Å². The molecule has 0 aromatic heterocycles. The molecule has 0 aromatic rings. The Morgan fingerprint density at radius 2 is 1.56 bits per heavy atom. The Hall–Kier alpha value is -1.40. The van der Waals surface area contributed by atoms with E-state index in [-0.39, 0.29) is 0 Å². The third-order valence-electron chi connectivity index (χ3n) is 3.77. The van der Waals surface area contributed by atoms with E-state index in [0.717, 1.165) is 13.8 Å². The maximum absolute atomic E-state index is 12.3. The van der Waals surface area contributed by atoms with Crippen LogP contribution < -0.4 is 0 Å². The van der Waals surface area contributed by atoms with Crippen LogP contribution in [0.1, 0.15) is 27.7 Å². The lowest BCUT2D eigenvalue weighted by Crippen LogP contribution is -2.53. The third kappa shape index (κ3) is 5.54. The van der Waals surface area contributed by atoms with E-state index < -0.39 is 64.5 Å². The van der Waals surface area contributed by atoms with Gasteiger partial charge in [0, 0.05) is 19.8 Å². The molecule has 1 aliphatic rings. The number of halogens is 3. The molecule has 0 aliphatic carbocycles. The van der Waals surface area contributed by atoms with Crippen molar-refractivity contribution in [2.75, 3.05) is 6.61 Å². The largest absolute Gasteiger partial charge is 0.523 e. The molecule has 0 N–H and O–H groups in total. The number of hydrogen-bond donors (Lipinski definition) is 0. The lowest BCUT2D eigenvalue weighted by molar-refractivity contribution is -0.269. The van der Waals surface area contributed by atoms with Crippen molar-refractivity contribution in [2.24, 2.45) is 11.8 Å². The van der Waals surface area contributed by atoms with Gasteiger partial charge in [0.25, 0.3) is 0 Å². The molecule has 1 unspecified atom stereocenters. The monoisotopic (exact) mass is 392 g/mol. The highest BCUT2D eigenvalue weighted by atomic mass is 32.2. The van der Waals surface area contributed by atoms with Gasteiger partial charge in [-0.2, -0.15) is 21.6 Å². The summed E-state index contributed by atoms with van der Waals surface area (Å²) in [6, 6.07) is 0. The van der Waals surface area contributed by atoms with E-state index in [9.17, 15) is 31.2 Å².